The van der Waals surface area contributed by atoms with E-state index in [2.05, 4.69) is 41.9 Å². The van der Waals surface area contributed by atoms with Crippen molar-refractivity contribution in [1.29, 1.82) is 0 Å². The predicted molar refractivity (Wildman–Crippen MR) is 85.3 cm³/mol. The lowest BCUT2D eigenvalue weighted by Gasteiger charge is -2.37. The molecule has 1 atom stereocenters. The summed E-state index contributed by atoms with van der Waals surface area (Å²) in [5, 5.41) is 1.26. The first-order valence-electron chi connectivity index (χ1n) is 6.71. The van der Waals surface area contributed by atoms with Gasteiger partial charge < -0.3 is 4.90 Å². The highest BCUT2D eigenvalue weighted by molar-refractivity contribution is 6.45. The molecule has 0 aromatic heterocycles. The first kappa shape index (κ1) is 13.7. The van der Waals surface area contributed by atoms with Crippen LogP contribution in [0.3, 0.4) is 0 Å². The Labute approximate surface area is 129 Å². The second-order valence-corrected chi connectivity index (χ2v) is 6.13. The Morgan fingerprint density at radius 2 is 2.05 bits per heavy atom. The lowest BCUT2D eigenvalue weighted by atomic mass is 9.94. The van der Waals surface area contributed by atoms with Crippen LogP contribution in [0, 0.1) is 13.8 Å². The zero-order chi connectivity index (χ0) is 14.3. The van der Waals surface area contributed by atoms with Crippen molar-refractivity contribution in [3.63, 3.8) is 0 Å². The average molecular weight is 307 g/mol. The van der Waals surface area contributed by atoms with E-state index < -0.39 is 0 Å². The Kier molecular flexibility index (Phi) is 3.61. The lowest BCUT2D eigenvalue weighted by molar-refractivity contribution is 0.369. The second kappa shape index (κ2) is 5.27. The van der Waals surface area contributed by atoms with Gasteiger partial charge in [-0.2, -0.15) is 0 Å². The molecule has 4 heteroatoms. The molecule has 3 rings (SSSR count). The van der Waals surface area contributed by atoms with E-state index in [9.17, 15) is 0 Å². The van der Waals surface area contributed by atoms with Crippen molar-refractivity contribution in [2.75, 3.05) is 6.54 Å². The highest BCUT2D eigenvalue weighted by Crippen LogP contribution is 2.36. The van der Waals surface area contributed by atoms with E-state index in [1.807, 2.05) is 6.20 Å². The van der Waals surface area contributed by atoms with Gasteiger partial charge >= 0.3 is 0 Å². The summed E-state index contributed by atoms with van der Waals surface area (Å²) in [6, 6.07) is 6.82. The van der Waals surface area contributed by atoms with Crippen LogP contribution in [0.25, 0.3) is 0 Å². The van der Waals surface area contributed by atoms with Gasteiger partial charge in [0, 0.05) is 12.7 Å². The first-order valence-corrected chi connectivity index (χ1v) is 7.46. The summed E-state index contributed by atoms with van der Waals surface area (Å²) in [6.45, 7) is 5.06. The van der Waals surface area contributed by atoms with Gasteiger partial charge in [-0.05, 0) is 37.5 Å². The summed E-state index contributed by atoms with van der Waals surface area (Å²) in [4.78, 5) is 6.63. The maximum Gasteiger partial charge on any atom is 0.147 e. The molecule has 0 saturated carbocycles. The van der Waals surface area contributed by atoms with E-state index in [0.29, 0.717) is 10.1 Å². The van der Waals surface area contributed by atoms with Gasteiger partial charge in [0.2, 0.25) is 0 Å². The molecular weight excluding hydrogens is 291 g/mol. The molecule has 1 aromatic carbocycles. The summed E-state index contributed by atoms with van der Waals surface area (Å²) in [5.74, 6) is 0.826. The SMILES string of the molecule is Cc1ccc(C2CCN=C3C(Cl)=CC(Cl)=CN32)c(C)c1. The molecule has 2 heterocycles. The molecular formula is C16H16Cl2N2. The molecule has 104 valence electrons. The molecule has 0 N–H and O–H groups in total. The summed E-state index contributed by atoms with van der Waals surface area (Å²) < 4.78 is 0. The second-order valence-electron chi connectivity index (χ2n) is 5.28. The Bertz CT molecular complexity index is 644. The molecule has 0 fully saturated rings. The van der Waals surface area contributed by atoms with Crippen LogP contribution in [-0.2, 0) is 0 Å². The summed E-state index contributed by atoms with van der Waals surface area (Å²) >= 11 is 12.4. The number of allylic oxidation sites excluding steroid dienone is 2. The van der Waals surface area contributed by atoms with Crippen LogP contribution in [0.5, 0.6) is 0 Å². The Morgan fingerprint density at radius 1 is 1.25 bits per heavy atom. The van der Waals surface area contributed by atoms with Crippen molar-refractivity contribution in [2.45, 2.75) is 26.3 Å². The molecule has 1 unspecified atom stereocenters. The van der Waals surface area contributed by atoms with Gasteiger partial charge in [0.25, 0.3) is 0 Å². The molecule has 0 spiro atoms. The topological polar surface area (TPSA) is 15.6 Å². The van der Waals surface area contributed by atoms with Gasteiger partial charge in [0.05, 0.1) is 16.1 Å². The number of aliphatic imine (C=N–C) groups is 1. The van der Waals surface area contributed by atoms with Crippen LogP contribution >= 0.6 is 23.2 Å². The minimum Gasteiger partial charge on any atom is -0.323 e. The van der Waals surface area contributed by atoms with Crippen LogP contribution in [0.4, 0.5) is 0 Å². The number of benzene rings is 1. The van der Waals surface area contributed by atoms with Crippen molar-refractivity contribution in [1.82, 2.24) is 4.90 Å². The van der Waals surface area contributed by atoms with Gasteiger partial charge in [0.15, 0.2) is 0 Å². The minimum atomic E-state index is 0.249. The third-order valence-electron chi connectivity index (χ3n) is 3.77. The number of hydrogen-bond donors (Lipinski definition) is 0. The number of rotatable bonds is 1. The van der Waals surface area contributed by atoms with Gasteiger partial charge in [-0.1, -0.05) is 47.0 Å². The molecule has 2 aliphatic heterocycles. The third-order valence-corrected chi connectivity index (χ3v) is 4.25. The first-order chi connectivity index (χ1) is 9.56. The van der Waals surface area contributed by atoms with E-state index in [4.69, 9.17) is 23.2 Å². The molecule has 0 radical (unpaired) electrons. The van der Waals surface area contributed by atoms with Crippen molar-refractivity contribution >= 4 is 29.0 Å². The number of amidine groups is 1. The van der Waals surface area contributed by atoms with E-state index in [-0.39, 0.29) is 6.04 Å². The maximum absolute atomic E-state index is 6.27. The molecule has 2 nitrogen and oxygen atoms in total. The van der Waals surface area contributed by atoms with Gasteiger partial charge in [0.1, 0.15) is 5.84 Å². The number of aryl methyl sites for hydroxylation is 2. The fourth-order valence-electron chi connectivity index (χ4n) is 2.87. The predicted octanol–water partition coefficient (Wildman–Crippen LogP) is 4.67. The van der Waals surface area contributed by atoms with Crippen LogP contribution in [0.1, 0.15) is 29.2 Å². The van der Waals surface area contributed by atoms with Crippen molar-refractivity contribution in [3.05, 3.63) is 57.2 Å². The zero-order valence-electron chi connectivity index (χ0n) is 11.5. The van der Waals surface area contributed by atoms with Crippen molar-refractivity contribution in [3.8, 4) is 0 Å². The minimum absolute atomic E-state index is 0.249. The highest BCUT2D eigenvalue weighted by Gasteiger charge is 2.30. The Hall–Kier alpha value is -1.25. The van der Waals surface area contributed by atoms with E-state index >= 15 is 0 Å². The Balaban J connectivity index is 2.03. The summed E-state index contributed by atoms with van der Waals surface area (Å²) in [5.41, 5.74) is 3.89. The van der Waals surface area contributed by atoms with E-state index in [1.165, 1.54) is 16.7 Å². The van der Waals surface area contributed by atoms with Crippen LogP contribution < -0.4 is 0 Å². The molecule has 1 aromatic rings. The van der Waals surface area contributed by atoms with Gasteiger partial charge in [-0.3, -0.25) is 4.99 Å². The average Bonchev–Trinajstić information content (AvgIpc) is 2.38. The molecule has 20 heavy (non-hydrogen) atoms. The zero-order valence-corrected chi connectivity index (χ0v) is 13.0. The number of halogens is 2. The quantitative estimate of drug-likeness (QED) is 0.736. The third kappa shape index (κ3) is 2.38. The molecule has 0 aliphatic carbocycles. The Morgan fingerprint density at radius 3 is 2.80 bits per heavy atom. The molecule has 2 aliphatic rings. The number of nitrogens with zero attached hydrogens (tertiary/aromatic N) is 2. The van der Waals surface area contributed by atoms with Crippen LogP contribution in [0.15, 0.2) is 45.5 Å². The fraction of sp³-hybridized carbons (Fsp3) is 0.312. The van der Waals surface area contributed by atoms with Gasteiger partial charge in [-0.15, -0.1) is 0 Å². The summed E-state index contributed by atoms with van der Waals surface area (Å²) in [6.07, 6.45) is 4.65. The molecule has 0 bridgehead atoms. The normalized spacial score (nSPS) is 21.9. The van der Waals surface area contributed by atoms with E-state index in [1.54, 1.807) is 6.08 Å². The van der Waals surface area contributed by atoms with Crippen LogP contribution in [-0.4, -0.2) is 17.3 Å². The number of fused-ring (bicyclic) bond motifs is 1. The van der Waals surface area contributed by atoms with Crippen molar-refractivity contribution in [2.24, 2.45) is 4.99 Å². The largest absolute Gasteiger partial charge is 0.323 e. The standard InChI is InChI=1S/C16H16Cl2N2/c1-10-3-4-13(11(2)7-10)15-5-6-19-16-14(18)8-12(17)9-20(15)16/h3-4,7-9,15H,5-6H2,1-2H3. The van der Waals surface area contributed by atoms with Crippen LogP contribution in [0.2, 0.25) is 0 Å². The molecule has 0 amide bonds. The van der Waals surface area contributed by atoms with E-state index in [0.717, 1.165) is 18.8 Å². The highest BCUT2D eigenvalue weighted by atomic mass is 35.5. The monoisotopic (exact) mass is 306 g/mol. The van der Waals surface area contributed by atoms with Gasteiger partial charge in [-0.25, -0.2) is 0 Å². The maximum atomic E-state index is 6.27. The number of hydrogen-bond acceptors (Lipinski definition) is 2. The smallest absolute Gasteiger partial charge is 0.147 e. The lowest BCUT2D eigenvalue weighted by Crippen LogP contribution is -2.36. The summed E-state index contributed by atoms with van der Waals surface area (Å²) in [7, 11) is 0. The molecule has 0 saturated heterocycles. The fourth-order valence-corrected chi connectivity index (χ4v) is 3.42. The van der Waals surface area contributed by atoms with Crippen molar-refractivity contribution < 1.29 is 0 Å².